The third kappa shape index (κ3) is 5.79. The van der Waals surface area contributed by atoms with Gasteiger partial charge in [0.15, 0.2) is 0 Å². The van der Waals surface area contributed by atoms with Crippen molar-refractivity contribution in [2.75, 3.05) is 32.8 Å². The van der Waals surface area contributed by atoms with Gasteiger partial charge in [0.05, 0.1) is 13.2 Å². The average Bonchev–Trinajstić information content (AvgIpc) is 2.77. The molecule has 0 unspecified atom stereocenters. The molecule has 0 aliphatic carbocycles. The molecule has 2 aromatic rings. The fourth-order valence-corrected chi connectivity index (χ4v) is 2.99. The van der Waals surface area contributed by atoms with E-state index in [4.69, 9.17) is 21.1 Å². The first-order valence-corrected chi connectivity index (χ1v) is 9.57. The maximum absolute atomic E-state index is 12.9. The van der Waals surface area contributed by atoms with Crippen LogP contribution in [-0.4, -0.2) is 55.5 Å². The smallest absolute Gasteiger partial charge is 0.326 e. The second-order valence-electron chi connectivity index (χ2n) is 6.41. The van der Waals surface area contributed by atoms with Gasteiger partial charge in [-0.05, 0) is 24.3 Å². The third-order valence-electron chi connectivity index (χ3n) is 4.40. The number of morpholine rings is 1. The summed E-state index contributed by atoms with van der Waals surface area (Å²) in [5.41, 5.74) is 0.938. The number of carbonyl (C=O) groups is 3. The molecule has 1 N–H and O–H groups in total. The van der Waals surface area contributed by atoms with Gasteiger partial charge >= 0.3 is 5.97 Å². The fraction of sp³-hybridized carbons (Fsp3) is 0.286. The van der Waals surface area contributed by atoms with Crippen LogP contribution in [0.3, 0.4) is 0 Å². The molecule has 1 aliphatic rings. The van der Waals surface area contributed by atoms with Crippen LogP contribution in [0.25, 0.3) is 0 Å². The molecule has 1 aliphatic heterocycles. The maximum atomic E-state index is 12.9. The summed E-state index contributed by atoms with van der Waals surface area (Å²) in [6, 6.07) is 15.1. The number of amides is 2. The first-order valence-electron chi connectivity index (χ1n) is 9.19. The van der Waals surface area contributed by atoms with Gasteiger partial charge in [-0.2, -0.15) is 0 Å². The van der Waals surface area contributed by atoms with Crippen molar-refractivity contribution in [3.05, 3.63) is 70.7 Å². The number of halogens is 1. The molecule has 1 saturated heterocycles. The van der Waals surface area contributed by atoms with Gasteiger partial charge in [-0.3, -0.25) is 14.4 Å². The Morgan fingerprint density at radius 2 is 1.69 bits per heavy atom. The quantitative estimate of drug-likeness (QED) is 0.730. The second-order valence-corrected chi connectivity index (χ2v) is 6.84. The number of carbonyl (C=O) groups excluding carboxylic acids is 3. The molecule has 0 radical (unpaired) electrons. The van der Waals surface area contributed by atoms with Crippen LogP contribution in [0.15, 0.2) is 54.6 Å². The molecule has 2 amide bonds. The molecule has 1 atom stereocenters. The van der Waals surface area contributed by atoms with Crippen molar-refractivity contribution >= 4 is 29.4 Å². The lowest BCUT2D eigenvalue weighted by atomic mass is 10.1. The van der Waals surface area contributed by atoms with Crippen LogP contribution < -0.4 is 5.32 Å². The first kappa shape index (κ1) is 20.8. The van der Waals surface area contributed by atoms with Crippen LogP contribution in [0.2, 0.25) is 5.02 Å². The molecule has 29 heavy (non-hydrogen) atoms. The van der Waals surface area contributed by atoms with Crippen molar-refractivity contribution in [1.29, 1.82) is 0 Å². The Kier molecular flexibility index (Phi) is 7.21. The summed E-state index contributed by atoms with van der Waals surface area (Å²) in [7, 11) is 0. The van der Waals surface area contributed by atoms with Gasteiger partial charge in [0, 0.05) is 29.2 Å². The summed E-state index contributed by atoms with van der Waals surface area (Å²) in [6.45, 7) is 1.40. The maximum Gasteiger partial charge on any atom is 0.326 e. The van der Waals surface area contributed by atoms with Gasteiger partial charge < -0.3 is 19.7 Å². The zero-order valence-corrected chi connectivity index (χ0v) is 16.4. The zero-order chi connectivity index (χ0) is 20.6. The van der Waals surface area contributed by atoms with Crippen molar-refractivity contribution in [1.82, 2.24) is 10.2 Å². The van der Waals surface area contributed by atoms with E-state index in [2.05, 4.69) is 5.32 Å². The number of hydrogen-bond acceptors (Lipinski definition) is 5. The topological polar surface area (TPSA) is 84.9 Å². The number of esters is 1. The summed E-state index contributed by atoms with van der Waals surface area (Å²) in [5.74, 6) is -1.45. The Morgan fingerprint density at radius 3 is 2.34 bits per heavy atom. The second kappa shape index (κ2) is 10.0. The number of rotatable bonds is 6. The van der Waals surface area contributed by atoms with Crippen molar-refractivity contribution in [3.8, 4) is 0 Å². The van der Waals surface area contributed by atoms with Crippen LogP contribution >= 0.6 is 11.6 Å². The molecule has 0 bridgehead atoms. The van der Waals surface area contributed by atoms with Crippen LogP contribution in [0.4, 0.5) is 0 Å². The van der Waals surface area contributed by atoms with Crippen LogP contribution in [0, 0.1) is 0 Å². The Bertz CT molecular complexity index is 851. The van der Waals surface area contributed by atoms with Crippen molar-refractivity contribution in [2.24, 2.45) is 0 Å². The summed E-state index contributed by atoms with van der Waals surface area (Å²) >= 11 is 5.80. The highest BCUT2D eigenvalue weighted by atomic mass is 35.5. The lowest BCUT2D eigenvalue weighted by molar-refractivity contribution is -0.162. The fourth-order valence-electron chi connectivity index (χ4n) is 2.87. The standard InChI is InChI=1S/C21H21ClN2O5/c22-17-8-6-16(7-9-17)20(26)23-14-18(25)29-19(15-4-2-1-3-5-15)21(27)24-10-12-28-13-11-24/h1-9,19H,10-14H2,(H,23,26)/t19-/m1/s1. The van der Waals surface area contributed by atoms with E-state index in [1.165, 1.54) is 0 Å². The first-order chi connectivity index (χ1) is 14.0. The highest BCUT2D eigenvalue weighted by Crippen LogP contribution is 2.21. The van der Waals surface area contributed by atoms with Gasteiger partial charge in [-0.15, -0.1) is 0 Å². The molecule has 0 spiro atoms. The largest absolute Gasteiger partial charge is 0.446 e. The predicted molar refractivity (Wildman–Crippen MR) is 106 cm³/mol. The van der Waals surface area contributed by atoms with Crippen LogP contribution in [0.5, 0.6) is 0 Å². The van der Waals surface area contributed by atoms with E-state index in [0.717, 1.165) is 0 Å². The number of nitrogens with zero attached hydrogens (tertiary/aromatic N) is 1. The van der Waals surface area contributed by atoms with E-state index >= 15 is 0 Å². The van der Waals surface area contributed by atoms with E-state index in [1.807, 2.05) is 6.07 Å². The summed E-state index contributed by atoms with van der Waals surface area (Å²) in [5, 5.41) is 3.00. The molecule has 7 nitrogen and oxygen atoms in total. The lowest BCUT2D eigenvalue weighted by Crippen LogP contribution is -2.44. The molecular formula is C21H21ClN2O5. The van der Waals surface area contributed by atoms with Gasteiger partial charge in [0.1, 0.15) is 6.54 Å². The Hall–Kier alpha value is -2.90. The number of hydrogen-bond donors (Lipinski definition) is 1. The minimum Gasteiger partial charge on any atom is -0.446 e. The monoisotopic (exact) mass is 416 g/mol. The lowest BCUT2D eigenvalue weighted by Gasteiger charge is -2.30. The molecular weight excluding hydrogens is 396 g/mol. The van der Waals surface area contributed by atoms with Gasteiger partial charge in [0.25, 0.3) is 11.8 Å². The molecule has 2 aromatic carbocycles. The van der Waals surface area contributed by atoms with Crippen molar-refractivity contribution in [2.45, 2.75) is 6.10 Å². The Morgan fingerprint density at radius 1 is 1.03 bits per heavy atom. The molecule has 0 aromatic heterocycles. The van der Waals surface area contributed by atoms with Crippen molar-refractivity contribution in [3.63, 3.8) is 0 Å². The van der Waals surface area contributed by atoms with Crippen molar-refractivity contribution < 1.29 is 23.9 Å². The molecule has 8 heteroatoms. The minimum absolute atomic E-state index is 0.308. The average molecular weight is 417 g/mol. The predicted octanol–water partition coefficient (Wildman–Crippen LogP) is 2.21. The highest BCUT2D eigenvalue weighted by molar-refractivity contribution is 6.30. The minimum atomic E-state index is -1.07. The third-order valence-corrected chi connectivity index (χ3v) is 4.65. The van der Waals surface area contributed by atoms with E-state index in [-0.39, 0.29) is 12.5 Å². The van der Waals surface area contributed by atoms with E-state index in [0.29, 0.717) is 42.5 Å². The molecule has 1 heterocycles. The van der Waals surface area contributed by atoms with E-state index in [1.54, 1.807) is 53.4 Å². The summed E-state index contributed by atoms with van der Waals surface area (Å²) in [6.07, 6.45) is -1.07. The SMILES string of the molecule is O=C(CNC(=O)c1ccc(Cl)cc1)O[C@@H](C(=O)N1CCOCC1)c1ccccc1. The normalized spacial score (nSPS) is 14.7. The Balaban J connectivity index is 1.63. The van der Waals surface area contributed by atoms with Gasteiger partial charge in [0.2, 0.25) is 6.10 Å². The van der Waals surface area contributed by atoms with Gasteiger partial charge in [-0.25, -0.2) is 0 Å². The van der Waals surface area contributed by atoms with Crippen LogP contribution in [-0.2, 0) is 19.1 Å². The zero-order valence-electron chi connectivity index (χ0n) is 15.7. The highest BCUT2D eigenvalue weighted by Gasteiger charge is 2.30. The number of nitrogens with one attached hydrogen (secondary N) is 1. The molecule has 0 saturated carbocycles. The molecule has 3 rings (SSSR count). The summed E-state index contributed by atoms with van der Waals surface area (Å²) < 4.78 is 10.7. The number of benzene rings is 2. The molecule has 1 fully saturated rings. The summed E-state index contributed by atoms with van der Waals surface area (Å²) in [4.78, 5) is 39.0. The van der Waals surface area contributed by atoms with E-state index in [9.17, 15) is 14.4 Å². The van der Waals surface area contributed by atoms with E-state index < -0.39 is 18.0 Å². The molecule has 152 valence electrons. The Labute approximate surface area is 173 Å². The van der Waals surface area contributed by atoms with Gasteiger partial charge in [-0.1, -0.05) is 41.9 Å². The van der Waals surface area contributed by atoms with Crippen LogP contribution in [0.1, 0.15) is 22.0 Å². The number of ether oxygens (including phenoxy) is 2.